The Kier molecular flexibility index (Phi) is 19.4. The number of rotatable bonds is 12. The third-order valence-electron chi connectivity index (χ3n) is 6.02. The van der Waals surface area contributed by atoms with Gasteiger partial charge in [-0.25, -0.2) is 0 Å². The maximum absolute atomic E-state index is 6.17. The van der Waals surface area contributed by atoms with Crippen LogP contribution in [0, 0.1) is 0 Å². The van der Waals surface area contributed by atoms with Gasteiger partial charge in [0.1, 0.15) is 5.75 Å². The minimum absolute atomic E-state index is 0. The summed E-state index contributed by atoms with van der Waals surface area (Å²) in [5, 5.41) is 1.06. The molecule has 0 bridgehead atoms. The SMILES string of the molecule is CC(C)S/C([S-])=C(/[S-])SC(C)C.CCC(C)c1ccc(OCCc2ccccc2)c(/C([S-])=C(/[S-])c2ccccc2)c1.[Ni]. The molecule has 1 nitrogen and oxygen atoms in total. The molecule has 0 spiro atoms. The zero-order valence-electron chi connectivity index (χ0n) is 25.0. The number of hydrogen-bond donors (Lipinski definition) is 0. The summed E-state index contributed by atoms with van der Waals surface area (Å²) < 4.78 is 7.92. The van der Waals surface area contributed by atoms with Gasteiger partial charge in [0.15, 0.2) is 0 Å². The van der Waals surface area contributed by atoms with Crippen LogP contribution in [0.25, 0.3) is 9.81 Å². The van der Waals surface area contributed by atoms with Crippen LogP contribution in [0.15, 0.2) is 87.3 Å². The van der Waals surface area contributed by atoms with Crippen molar-refractivity contribution in [3.8, 4) is 5.75 Å². The summed E-state index contributed by atoms with van der Waals surface area (Å²) in [7, 11) is 0. The normalized spacial score (nSPS) is 12.9. The van der Waals surface area contributed by atoms with Crippen molar-refractivity contribution in [3.05, 3.63) is 110 Å². The van der Waals surface area contributed by atoms with Crippen molar-refractivity contribution in [2.24, 2.45) is 0 Å². The first kappa shape index (κ1) is 39.0. The number of ether oxygens (including phenoxy) is 1. The summed E-state index contributed by atoms with van der Waals surface area (Å²) in [6, 6.07) is 26.7. The van der Waals surface area contributed by atoms with Gasteiger partial charge in [-0.2, -0.15) is 41.8 Å². The Hall–Kier alpha value is -0.986. The van der Waals surface area contributed by atoms with Crippen LogP contribution in [-0.2, 0) is 73.4 Å². The Labute approximate surface area is 295 Å². The van der Waals surface area contributed by atoms with E-state index < -0.39 is 0 Å². The minimum Gasteiger partial charge on any atom is -0.780 e. The Bertz CT molecular complexity index is 1240. The van der Waals surface area contributed by atoms with Gasteiger partial charge in [-0.15, -0.1) is 0 Å². The molecule has 0 N–H and O–H groups in total. The van der Waals surface area contributed by atoms with Crippen LogP contribution >= 0.6 is 23.5 Å². The van der Waals surface area contributed by atoms with Gasteiger partial charge in [0, 0.05) is 33.4 Å². The van der Waals surface area contributed by atoms with Gasteiger partial charge < -0.3 is 55.3 Å². The molecular weight excluding hydrogens is 675 g/mol. The molecule has 0 aliphatic heterocycles. The molecule has 3 aromatic carbocycles. The zero-order chi connectivity index (χ0) is 30.4. The monoisotopic (exact) mass is 714 g/mol. The van der Waals surface area contributed by atoms with Crippen LogP contribution in [0.3, 0.4) is 0 Å². The van der Waals surface area contributed by atoms with Crippen molar-refractivity contribution in [2.45, 2.75) is 70.8 Å². The Morgan fingerprint density at radius 1 is 0.714 bits per heavy atom. The second-order valence-corrected chi connectivity index (χ2v) is 15.4. The van der Waals surface area contributed by atoms with E-state index in [1.807, 2.05) is 42.5 Å². The molecule has 0 fully saturated rings. The second-order valence-electron chi connectivity index (χ2n) is 10.1. The molecule has 0 aromatic heterocycles. The average molecular weight is 716 g/mol. The Balaban J connectivity index is 0.000000578. The van der Waals surface area contributed by atoms with E-state index in [9.17, 15) is 0 Å². The van der Waals surface area contributed by atoms with Crippen LogP contribution in [0.1, 0.15) is 76.1 Å². The van der Waals surface area contributed by atoms with Crippen LogP contribution in [0.2, 0.25) is 0 Å². The van der Waals surface area contributed by atoms with E-state index in [2.05, 4.69) is 77.9 Å². The first-order valence-electron chi connectivity index (χ1n) is 13.9. The van der Waals surface area contributed by atoms with Crippen molar-refractivity contribution in [2.75, 3.05) is 6.61 Å². The molecule has 1 unspecified atom stereocenters. The van der Waals surface area contributed by atoms with Gasteiger partial charge in [-0.1, -0.05) is 108 Å². The Morgan fingerprint density at radius 2 is 1.24 bits per heavy atom. The summed E-state index contributed by atoms with van der Waals surface area (Å²) in [5.41, 5.74) is 4.40. The van der Waals surface area contributed by atoms with E-state index >= 15 is 0 Å². The van der Waals surface area contributed by atoms with Crippen molar-refractivity contribution in [1.29, 1.82) is 0 Å². The maximum Gasteiger partial charge on any atom is 0.124 e. The van der Waals surface area contributed by atoms with Crippen LogP contribution in [0.4, 0.5) is 0 Å². The molecule has 232 valence electrons. The van der Waals surface area contributed by atoms with E-state index in [0.29, 0.717) is 32.8 Å². The minimum atomic E-state index is 0. The fourth-order valence-corrected chi connectivity index (χ4v) is 6.99. The first-order chi connectivity index (χ1) is 19.5. The predicted octanol–water partition coefficient (Wildman–Crippen LogP) is 10.2. The number of hydrogen-bond acceptors (Lipinski definition) is 7. The smallest absolute Gasteiger partial charge is 0.124 e. The molecule has 1 atom stereocenters. The first-order valence-corrected chi connectivity index (χ1v) is 17.3. The molecule has 42 heavy (non-hydrogen) atoms. The van der Waals surface area contributed by atoms with E-state index in [-0.39, 0.29) is 16.5 Å². The molecule has 3 rings (SSSR count). The zero-order valence-corrected chi connectivity index (χ0v) is 30.9. The van der Waals surface area contributed by atoms with Gasteiger partial charge in [-0.3, -0.25) is 0 Å². The number of benzene rings is 3. The predicted molar refractivity (Wildman–Crippen MR) is 196 cm³/mol. The quantitative estimate of drug-likeness (QED) is 0.104. The van der Waals surface area contributed by atoms with E-state index in [1.54, 1.807) is 23.5 Å². The molecule has 3 aromatic rings. The fraction of sp³-hybridized carbons (Fsp3) is 0.353. The van der Waals surface area contributed by atoms with Gasteiger partial charge >= 0.3 is 0 Å². The molecule has 0 radical (unpaired) electrons. The standard InChI is InChI=1S/C26H28OS2.C8H16S4.Ni/c1-3-19(2)22-14-15-24(27-17-16-20-10-6-4-7-11-20)23(18-22)26(29)25(28)21-12-8-5-9-13-21;1-5(2)11-7(9)8(10)12-6(3)4;/h4-15,18-19,28-29H,3,16-17H2,1-2H3;5-6,9-10H,1-4H3;/p-4/b26-25-;8-7-;. The maximum atomic E-state index is 6.17. The molecule has 0 saturated heterocycles. The van der Waals surface area contributed by atoms with E-state index in [0.717, 1.165) is 38.2 Å². The van der Waals surface area contributed by atoms with Crippen molar-refractivity contribution in [3.63, 3.8) is 0 Å². The third kappa shape index (κ3) is 13.8. The molecule has 0 amide bonds. The van der Waals surface area contributed by atoms with Crippen LogP contribution < -0.4 is 4.74 Å². The van der Waals surface area contributed by atoms with Crippen molar-refractivity contribution >= 4 is 83.8 Å². The van der Waals surface area contributed by atoms with E-state index in [4.69, 9.17) is 55.3 Å². The van der Waals surface area contributed by atoms with Crippen LogP contribution in [0.5, 0.6) is 5.75 Å². The molecule has 0 aliphatic rings. The van der Waals surface area contributed by atoms with Gasteiger partial charge in [0.2, 0.25) is 0 Å². The summed E-state index contributed by atoms with van der Waals surface area (Å²) in [4.78, 5) is 1.36. The van der Waals surface area contributed by atoms with E-state index in [1.165, 1.54) is 11.1 Å². The average Bonchev–Trinajstić information content (AvgIpc) is 2.96. The third-order valence-corrected chi connectivity index (χ3v) is 10.3. The van der Waals surface area contributed by atoms with Crippen LogP contribution in [-0.4, -0.2) is 17.1 Å². The molecule has 0 aliphatic carbocycles. The second kappa shape index (κ2) is 20.9. The van der Waals surface area contributed by atoms with Crippen molar-refractivity contribution in [1.82, 2.24) is 0 Å². The van der Waals surface area contributed by atoms with Gasteiger partial charge in [-0.05, 0) is 46.7 Å². The molecule has 8 heteroatoms. The van der Waals surface area contributed by atoms with Gasteiger partial charge in [0.05, 0.1) is 6.61 Å². The summed E-state index contributed by atoms with van der Waals surface area (Å²) >= 11 is 25.2. The molecule has 0 saturated carbocycles. The largest absolute Gasteiger partial charge is 0.780 e. The Morgan fingerprint density at radius 3 is 1.74 bits per heavy atom. The fourth-order valence-electron chi connectivity index (χ4n) is 3.68. The molecular formula is C34H40NiOS6-4. The number of thioether (sulfide) groups is 2. The van der Waals surface area contributed by atoms with Gasteiger partial charge in [0.25, 0.3) is 0 Å². The summed E-state index contributed by atoms with van der Waals surface area (Å²) in [6.45, 7) is 13.5. The topological polar surface area (TPSA) is 9.23 Å². The molecule has 0 heterocycles. The summed E-state index contributed by atoms with van der Waals surface area (Å²) in [5.74, 6) is 1.26. The van der Waals surface area contributed by atoms with Crippen molar-refractivity contribution < 1.29 is 21.2 Å². The summed E-state index contributed by atoms with van der Waals surface area (Å²) in [6.07, 6.45) is 1.92.